The lowest BCUT2D eigenvalue weighted by molar-refractivity contribution is 0.101. The number of nitrogens with zero attached hydrogens (tertiary/aromatic N) is 1. The number of carbonyl (C=O) groups excluding carboxylic acids is 1. The van der Waals surface area contributed by atoms with Gasteiger partial charge in [0.1, 0.15) is 5.76 Å². The van der Waals surface area contributed by atoms with Crippen LogP contribution in [-0.2, 0) is 0 Å². The number of rotatable bonds is 2. The summed E-state index contributed by atoms with van der Waals surface area (Å²) in [5.74, 6) is 0.600. The van der Waals surface area contributed by atoms with Crippen molar-refractivity contribution in [3.05, 3.63) is 47.7 Å². The molecule has 0 spiro atoms. The van der Waals surface area contributed by atoms with Gasteiger partial charge in [-0.3, -0.25) is 9.78 Å². The monoisotopic (exact) mass is 202 g/mol. The van der Waals surface area contributed by atoms with Crippen molar-refractivity contribution in [3.8, 4) is 0 Å². The fraction of sp³-hybridized carbons (Fsp3) is 0.0909. The number of aromatic nitrogens is 1. The number of hydrogen-bond acceptors (Lipinski definition) is 4. The number of aryl methyl sites for hydroxylation is 1. The molecule has 4 heteroatoms. The van der Waals surface area contributed by atoms with Crippen LogP contribution >= 0.6 is 0 Å². The molecule has 2 aromatic rings. The Morgan fingerprint density at radius 2 is 2.33 bits per heavy atom. The van der Waals surface area contributed by atoms with Crippen LogP contribution in [0.2, 0.25) is 0 Å². The number of pyridine rings is 1. The molecule has 0 aliphatic heterocycles. The molecule has 0 atom stereocenters. The van der Waals surface area contributed by atoms with Crippen molar-refractivity contribution in [3.63, 3.8) is 0 Å². The Balaban J connectivity index is 2.37. The molecular formula is C11H10N2O2. The molecule has 0 fully saturated rings. The Kier molecular flexibility index (Phi) is 2.25. The van der Waals surface area contributed by atoms with Crippen molar-refractivity contribution in [1.82, 2.24) is 4.98 Å². The Morgan fingerprint density at radius 1 is 1.53 bits per heavy atom. The van der Waals surface area contributed by atoms with Gasteiger partial charge in [-0.05, 0) is 19.1 Å². The molecular weight excluding hydrogens is 192 g/mol. The second kappa shape index (κ2) is 3.57. The van der Waals surface area contributed by atoms with Gasteiger partial charge in [0.2, 0.25) is 5.78 Å². The van der Waals surface area contributed by atoms with Crippen molar-refractivity contribution in [2.24, 2.45) is 0 Å². The predicted molar refractivity (Wildman–Crippen MR) is 55.5 cm³/mol. The molecule has 0 aromatic carbocycles. The molecule has 76 valence electrons. The van der Waals surface area contributed by atoms with Crippen molar-refractivity contribution in [1.29, 1.82) is 0 Å². The smallest absolute Gasteiger partial charge is 0.229 e. The van der Waals surface area contributed by atoms with Gasteiger partial charge in [0, 0.05) is 24.0 Å². The van der Waals surface area contributed by atoms with Crippen LogP contribution in [0.1, 0.15) is 21.9 Å². The average Bonchev–Trinajstić information content (AvgIpc) is 2.59. The number of ketones is 1. The van der Waals surface area contributed by atoms with E-state index in [1.807, 2.05) is 0 Å². The van der Waals surface area contributed by atoms with Gasteiger partial charge in [0.15, 0.2) is 5.76 Å². The molecule has 0 bridgehead atoms. The first-order valence-corrected chi connectivity index (χ1v) is 4.49. The summed E-state index contributed by atoms with van der Waals surface area (Å²) in [6.45, 7) is 1.72. The van der Waals surface area contributed by atoms with E-state index >= 15 is 0 Å². The SMILES string of the molecule is Cc1oc(C(=O)c2cccnc2)cc1N. The second-order valence-electron chi connectivity index (χ2n) is 3.19. The third kappa shape index (κ3) is 1.74. The summed E-state index contributed by atoms with van der Waals surface area (Å²) < 4.78 is 5.23. The predicted octanol–water partition coefficient (Wildman–Crippen LogP) is 1.80. The van der Waals surface area contributed by atoms with E-state index in [1.54, 1.807) is 25.3 Å². The lowest BCUT2D eigenvalue weighted by Gasteiger charge is -1.94. The summed E-state index contributed by atoms with van der Waals surface area (Å²) >= 11 is 0. The molecule has 0 unspecified atom stereocenters. The van der Waals surface area contributed by atoms with Crippen LogP contribution in [0.3, 0.4) is 0 Å². The van der Waals surface area contributed by atoms with E-state index in [0.717, 1.165) is 0 Å². The maximum Gasteiger partial charge on any atom is 0.229 e. The van der Waals surface area contributed by atoms with Crippen molar-refractivity contribution in [2.75, 3.05) is 5.73 Å². The lowest BCUT2D eigenvalue weighted by Crippen LogP contribution is -1.99. The summed E-state index contributed by atoms with van der Waals surface area (Å²) in [5, 5.41) is 0. The molecule has 0 amide bonds. The molecule has 0 aliphatic carbocycles. The molecule has 2 aromatic heterocycles. The fourth-order valence-electron chi connectivity index (χ4n) is 1.25. The van der Waals surface area contributed by atoms with E-state index in [1.165, 1.54) is 12.3 Å². The normalized spacial score (nSPS) is 10.2. The number of hydrogen-bond donors (Lipinski definition) is 1. The van der Waals surface area contributed by atoms with Crippen LogP contribution in [0.25, 0.3) is 0 Å². The largest absolute Gasteiger partial charge is 0.456 e. The summed E-state index contributed by atoms with van der Waals surface area (Å²) in [6.07, 6.45) is 3.11. The maximum atomic E-state index is 11.8. The van der Waals surface area contributed by atoms with Gasteiger partial charge >= 0.3 is 0 Å². The first-order chi connectivity index (χ1) is 7.18. The van der Waals surface area contributed by atoms with E-state index in [4.69, 9.17) is 10.2 Å². The molecule has 0 saturated carbocycles. The van der Waals surface area contributed by atoms with Crippen molar-refractivity contribution >= 4 is 11.5 Å². The minimum Gasteiger partial charge on any atom is -0.456 e. The highest BCUT2D eigenvalue weighted by atomic mass is 16.3. The average molecular weight is 202 g/mol. The summed E-state index contributed by atoms with van der Waals surface area (Å²) in [6, 6.07) is 4.92. The fourth-order valence-corrected chi connectivity index (χ4v) is 1.25. The minimum absolute atomic E-state index is 0.206. The maximum absolute atomic E-state index is 11.8. The standard InChI is InChI=1S/C11H10N2O2/c1-7-9(12)5-10(15-7)11(14)8-3-2-4-13-6-8/h2-6H,12H2,1H3. The topological polar surface area (TPSA) is 69.1 Å². The quantitative estimate of drug-likeness (QED) is 0.754. The summed E-state index contributed by atoms with van der Waals surface area (Å²) in [4.78, 5) is 15.7. The molecule has 2 rings (SSSR count). The highest BCUT2D eigenvalue weighted by molar-refractivity contribution is 6.07. The van der Waals surface area contributed by atoms with Crippen LogP contribution in [0, 0.1) is 6.92 Å². The van der Waals surface area contributed by atoms with E-state index in [2.05, 4.69) is 4.98 Å². The molecule has 2 N–H and O–H groups in total. The highest BCUT2D eigenvalue weighted by Gasteiger charge is 2.14. The molecule has 0 radical (unpaired) electrons. The zero-order valence-electron chi connectivity index (χ0n) is 8.23. The Labute approximate surface area is 86.7 Å². The Hall–Kier alpha value is -2.10. The van der Waals surface area contributed by atoms with Crippen LogP contribution in [0.4, 0.5) is 5.69 Å². The van der Waals surface area contributed by atoms with E-state index in [9.17, 15) is 4.79 Å². The van der Waals surface area contributed by atoms with Gasteiger partial charge in [0.05, 0.1) is 5.69 Å². The molecule has 0 saturated heterocycles. The number of carbonyl (C=O) groups is 1. The van der Waals surface area contributed by atoms with Crippen LogP contribution in [0.15, 0.2) is 35.0 Å². The first kappa shape index (κ1) is 9.45. The number of furan rings is 1. The minimum atomic E-state index is -0.206. The van der Waals surface area contributed by atoms with Crippen LogP contribution in [0.5, 0.6) is 0 Å². The zero-order valence-corrected chi connectivity index (χ0v) is 8.23. The van der Waals surface area contributed by atoms with E-state index in [-0.39, 0.29) is 11.5 Å². The Bertz CT molecular complexity index is 469. The Morgan fingerprint density at radius 3 is 2.87 bits per heavy atom. The number of nitrogen functional groups attached to an aromatic ring is 1. The molecule has 0 aliphatic rings. The summed E-state index contributed by atoms with van der Waals surface area (Å²) in [5.41, 5.74) is 6.57. The second-order valence-corrected chi connectivity index (χ2v) is 3.19. The third-order valence-corrected chi connectivity index (χ3v) is 2.10. The van der Waals surface area contributed by atoms with Crippen LogP contribution in [-0.4, -0.2) is 10.8 Å². The van der Waals surface area contributed by atoms with Crippen molar-refractivity contribution in [2.45, 2.75) is 6.92 Å². The van der Waals surface area contributed by atoms with Gasteiger partial charge in [-0.1, -0.05) is 0 Å². The van der Waals surface area contributed by atoms with Gasteiger partial charge in [-0.2, -0.15) is 0 Å². The van der Waals surface area contributed by atoms with Gasteiger partial charge in [-0.15, -0.1) is 0 Å². The van der Waals surface area contributed by atoms with Crippen LogP contribution < -0.4 is 5.73 Å². The van der Waals surface area contributed by atoms with E-state index in [0.29, 0.717) is 17.0 Å². The number of anilines is 1. The molecule has 15 heavy (non-hydrogen) atoms. The van der Waals surface area contributed by atoms with Crippen molar-refractivity contribution < 1.29 is 9.21 Å². The zero-order chi connectivity index (χ0) is 10.8. The number of nitrogens with two attached hydrogens (primary N) is 1. The molecule has 2 heterocycles. The third-order valence-electron chi connectivity index (χ3n) is 2.10. The lowest BCUT2D eigenvalue weighted by atomic mass is 10.1. The van der Waals surface area contributed by atoms with Gasteiger partial charge < -0.3 is 10.2 Å². The first-order valence-electron chi connectivity index (χ1n) is 4.49. The summed E-state index contributed by atoms with van der Waals surface area (Å²) in [7, 11) is 0. The van der Waals surface area contributed by atoms with E-state index < -0.39 is 0 Å². The van der Waals surface area contributed by atoms with Gasteiger partial charge in [0.25, 0.3) is 0 Å². The highest BCUT2D eigenvalue weighted by Crippen LogP contribution is 2.18. The van der Waals surface area contributed by atoms with Gasteiger partial charge in [-0.25, -0.2) is 0 Å². The molecule has 4 nitrogen and oxygen atoms in total.